The van der Waals surface area contributed by atoms with Gasteiger partial charge in [-0.05, 0) is 25.2 Å². The van der Waals surface area contributed by atoms with Gasteiger partial charge in [-0.3, -0.25) is 5.32 Å². The first-order valence-corrected chi connectivity index (χ1v) is 9.63. The van der Waals surface area contributed by atoms with Crippen molar-refractivity contribution in [1.82, 2.24) is 24.2 Å². The van der Waals surface area contributed by atoms with Crippen LogP contribution in [-0.2, 0) is 20.0 Å². The number of anilines is 1. The van der Waals surface area contributed by atoms with Crippen molar-refractivity contribution in [2.75, 3.05) is 18.9 Å². The number of aryl methyl sites for hydroxylation is 2. The molecule has 26 heavy (non-hydrogen) atoms. The standard InChI is InChI=1S/C19H30N6O/c1-23-14-12-20-17(23)9-6-13-24(2)19(26)22-18-10-11-21-25(18)15-16-7-4-3-5-8-16/h10-12,14,16H,3-9,13,15H2,1-2H3,(H,22,26). The Bertz CT molecular complexity index is 700. The van der Waals surface area contributed by atoms with Gasteiger partial charge < -0.3 is 9.47 Å². The van der Waals surface area contributed by atoms with Gasteiger partial charge in [-0.2, -0.15) is 5.10 Å². The van der Waals surface area contributed by atoms with E-state index in [1.807, 2.05) is 35.6 Å². The highest BCUT2D eigenvalue weighted by Gasteiger charge is 2.17. The van der Waals surface area contributed by atoms with E-state index in [2.05, 4.69) is 15.4 Å². The van der Waals surface area contributed by atoms with Crippen LogP contribution in [0, 0.1) is 5.92 Å². The van der Waals surface area contributed by atoms with Gasteiger partial charge in [0.1, 0.15) is 11.6 Å². The molecule has 1 saturated carbocycles. The van der Waals surface area contributed by atoms with Gasteiger partial charge in [0.25, 0.3) is 0 Å². The maximum absolute atomic E-state index is 12.5. The molecule has 0 bridgehead atoms. The first kappa shape index (κ1) is 18.5. The number of carbonyl (C=O) groups is 1. The summed E-state index contributed by atoms with van der Waals surface area (Å²) < 4.78 is 3.96. The third-order valence-electron chi connectivity index (χ3n) is 5.27. The SMILES string of the molecule is CN(CCCc1nccn1C)C(=O)Nc1ccnn1CC1CCCCC1. The van der Waals surface area contributed by atoms with Gasteiger partial charge in [0, 0.05) is 52.1 Å². The minimum Gasteiger partial charge on any atom is -0.338 e. The minimum absolute atomic E-state index is 0.0877. The van der Waals surface area contributed by atoms with Crippen LogP contribution < -0.4 is 5.32 Å². The lowest BCUT2D eigenvalue weighted by atomic mass is 9.89. The van der Waals surface area contributed by atoms with Crippen LogP contribution in [0.5, 0.6) is 0 Å². The number of amides is 2. The van der Waals surface area contributed by atoms with Gasteiger partial charge in [0.15, 0.2) is 0 Å². The molecule has 0 aromatic carbocycles. The van der Waals surface area contributed by atoms with Crippen LogP contribution in [0.2, 0.25) is 0 Å². The van der Waals surface area contributed by atoms with Gasteiger partial charge in [-0.15, -0.1) is 0 Å². The number of hydrogen-bond donors (Lipinski definition) is 1. The zero-order chi connectivity index (χ0) is 18.4. The molecule has 1 fully saturated rings. The molecule has 2 aromatic rings. The average molecular weight is 358 g/mol. The summed E-state index contributed by atoms with van der Waals surface area (Å²) >= 11 is 0. The van der Waals surface area contributed by atoms with Crippen molar-refractivity contribution in [3.63, 3.8) is 0 Å². The third kappa shape index (κ3) is 4.86. The summed E-state index contributed by atoms with van der Waals surface area (Å²) in [4.78, 5) is 18.5. The van der Waals surface area contributed by atoms with E-state index < -0.39 is 0 Å². The lowest BCUT2D eigenvalue weighted by molar-refractivity contribution is 0.221. The summed E-state index contributed by atoms with van der Waals surface area (Å²) in [6.45, 7) is 1.58. The van der Waals surface area contributed by atoms with Crippen molar-refractivity contribution in [3.8, 4) is 0 Å². The van der Waals surface area contributed by atoms with Gasteiger partial charge >= 0.3 is 6.03 Å². The van der Waals surface area contributed by atoms with Crippen LogP contribution in [-0.4, -0.2) is 43.9 Å². The first-order chi connectivity index (χ1) is 12.6. The number of nitrogens with one attached hydrogen (secondary N) is 1. The Morgan fingerprint density at radius 2 is 2.12 bits per heavy atom. The molecule has 7 nitrogen and oxygen atoms in total. The second kappa shape index (κ2) is 8.87. The minimum atomic E-state index is -0.0877. The fourth-order valence-corrected chi connectivity index (χ4v) is 3.62. The third-order valence-corrected chi connectivity index (χ3v) is 5.27. The Kier molecular flexibility index (Phi) is 6.30. The number of hydrogen-bond acceptors (Lipinski definition) is 3. The molecule has 2 aromatic heterocycles. The second-order valence-corrected chi connectivity index (χ2v) is 7.31. The Balaban J connectivity index is 1.46. The number of aromatic nitrogens is 4. The molecule has 2 amide bonds. The lowest BCUT2D eigenvalue weighted by Crippen LogP contribution is -2.33. The number of urea groups is 1. The highest BCUT2D eigenvalue weighted by molar-refractivity contribution is 5.88. The maximum Gasteiger partial charge on any atom is 0.322 e. The number of imidazole rings is 1. The molecule has 3 rings (SSSR count). The van der Waals surface area contributed by atoms with Gasteiger partial charge in [0.05, 0.1) is 6.20 Å². The Labute approximate surface area is 155 Å². The Morgan fingerprint density at radius 3 is 2.85 bits per heavy atom. The summed E-state index contributed by atoms with van der Waals surface area (Å²) in [5.41, 5.74) is 0. The van der Waals surface area contributed by atoms with E-state index in [0.29, 0.717) is 12.5 Å². The highest BCUT2D eigenvalue weighted by atomic mass is 16.2. The summed E-state index contributed by atoms with van der Waals surface area (Å²) in [6.07, 6.45) is 13.8. The molecule has 7 heteroatoms. The summed E-state index contributed by atoms with van der Waals surface area (Å²) in [5, 5.41) is 7.40. The molecule has 0 saturated heterocycles. The van der Waals surface area contributed by atoms with E-state index in [1.54, 1.807) is 17.3 Å². The predicted octanol–water partition coefficient (Wildman–Crippen LogP) is 3.29. The second-order valence-electron chi connectivity index (χ2n) is 7.31. The zero-order valence-corrected chi connectivity index (χ0v) is 15.9. The lowest BCUT2D eigenvalue weighted by Gasteiger charge is -2.23. The first-order valence-electron chi connectivity index (χ1n) is 9.63. The summed E-state index contributed by atoms with van der Waals surface area (Å²) in [7, 11) is 3.82. The number of rotatable bonds is 7. The molecule has 1 aliphatic rings. The molecule has 1 aliphatic carbocycles. The van der Waals surface area contributed by atoms with Crippen molar-refractivity contribution in [1.29, 1.82) is 0 Å². The monoisotopic (exact) mass is 358 g/mol. The molecule has 0 radical (unpaired) electrons. The fourth-order valence-electron chi connectivity index (χ4n) is 3.62. The smallest absolute Gasteiger partial charge is 0.322 e. The zero-order valence-electron chi connectivity index (χ0n) is 15.9. The molecule has 0 atom stereocenters. The molecule has 1 N–H and O–H groups in total. The molecule has 142 valence electrons. The number of nitrogens with zero attached hydrogens (tertiary/aromatic N) is 5. The molecule has 0 unspecified atom stereocenters. The van der Waals surface area contributed by atoms with Crippen LogP contribution in [0.25, 0.3) is 0 Å². The largest absolute Gasteiger partial charge is 0.338 e. The molecule has 0 aliphatic heterocycles. The van der Waals surface area contributed by atoms with E-state index in [0.717, 1.165) is 31.0 Å². The number of carbonyl (C=O) groups excluding carboxylic acids is 1. The predicted molar refractivity (Wildman–Crippen MR) is 102 cm³/mol. The topological polar surface area (TPSA) is 68.0 Å². The molecular weight excluding hydrogens is 328 g/mol. The van der Waals surface area contributed by atoms with Crippen molar-refractivity contribution < 1.29 is 4.79 Å². The van der Waals surface area contributed by atoms with E-state index >= 15 is 0 Å². The quantitative estimate of drug-likeness (QED) is 0.826. The van der Waals surface area contributed by atoms with Crippen molar-refractivity contribution in [3.05, 3.63) is 30.5 Å². The van der Waals surface area contributed by atoms with Crippen LogP contribution in [0.4, 0.5) is 10.6 Å². The maximum atomic E-state index is 12.5. The van der Waals surface area contributed by atoms with Crippen LogP contribution in [0.3, 0.4) is 0 Å². The van der Waals surface area contributed by atoms with E-state index in [-0.39, 0.29) is 6.03 Å². The van der Waals surface area contributed by atoms with Crippen molar-refractivity contribution in [2.45, 2.75) is 51.5 Å². The van der Waals surface area contributed by atoms with E-state index in [9.17, 15) is 4.79 Å². The Hall–Kier alpha value is -2.31. The normalized spacial score (nSPS) is 15.2. The van der Waals surface area contributed by atoms with E-state index in [1.165, 1.54) is 32.1 Å². The van der Waals surface area contributed by atoms with Crippen molar-refractivity contribution >= 4 is 11.8 Å². The highest BCUT2D eigenvalue weighted by Crippen LogP contribution is 2.25. The molecule has 0 spiro atoms. The van der Waals surface area contributed by atoms with Crippen LogP contribution in [0.15, 0.2) is 24.7 Å². The van der Waals surface area contributed by atoms with Crippen molar-refractivity contribution in [2.24, 2.45) is 13.0 Å². The fraction of sp³-hybridized carbons (Fsp3) is 0.632. The molecular formula is C19H30N6O. The van der Waals surface area contributed by atoms with Gasteiger partial charge in [-0.25, -0.2) is 14.5 Å². The summed E-state index contributed by atoms with van der Waals surface area (Å²) in [5.74, 6) is 2.51. The van der Waals surface area contributed by atoms with E-state index in [4.69, 9.17) is 0 Å². The summed E-state index contributed by atoms with van der Waals surface area (Å²) in [6, 6.07) is 1.79. The molecule has 2 heterocycles. The van der Waals surface area contributed by atoms with Crippen LogP contribution in [0.1, 0.15) is 44.3 Å². The Morgan fingerprint density at radius 1 is 1.31 bits per heavy atom. The van der Waals surface area contributed by atoms with Gasteiger partial charge in [0.2, 0.25) is 0 Å². The average Bonchev–Trinajstić information content (AvgIpc) is 3.25. The van der Waals surface area contributed by atoms with Gasteiger partial charge in [-0.1, -0.05) is 19.3 Å². The van der Waals surface area contributed by atoms with Crippen LogP contribution >= 0.6 is 0 Å².